The molecule has 0 radical (unpaired) electrons. The van der Waals surface area contributed by atoms with Crippen LogP contribution in [0.3, 0.4) is 0 Å². The van der Waals surface area contributed by atoms with Gasteiger partial charge in [-0.3, -0.25) is 0 Å². The first-order chi connectivity index (χ1) is 9.70. The summed E-state index contributed by atoms with van der Waals surface area (Å²) in [6.07, 6.45) is 0. The quantitative estimate of drug-likeness (QED) is 0.755. The average Bonchev–Trinajstić information content (AvgIpc) is 2.87. The lowest BCUT2D eigenvalue weighted by Gasteiger charge is -2.16. The van der Waals surface area contributed by atoms with Crippen LogP contribution in [-0.2, 0) is 0 Å². The van der Waals surface area contributed by atoms with E-state index < -0.39 is 0 Å². The number of nitrogens with one attached hydrogen (secondary N) is 1. The number of hydrogen-bond donors (Lipinski definition) is 1. The second-order valence-electron chi connectivity index (χ2n) is 4.55. The van der Waals surface area contributed by atoms with Crippen LogP contribution in [0, 0.1) is 5.82 Å². The summed E-state index contributed by atoms with van der Waals surface area (Å²) in [7, 11) is 1.83. The van der Waals surface area contributed by atoms with Gasteiger partial charge in [-0.2, -0.15) is 0 Å². The number of furan rings is 1. The highest BCUT2D eigenvalue weighted by Crippen LogP contribution is 2.33. The van der Waals surface area contributed by atoms with Crippen LogP contribution in [0.15, 0.2) is 57.4 Å². The Hall–Kier alpha value is -1.65. The molecule has 0 aliphatic rings. The molecular weight excluding hydrogens is 321 g/mol. The molecule has 0 amide bonds. The van der Waals surface area contributed by atoms with Gasteiger partial charge in [0.15, 0.2) is 0 Å². The molecule has 2 nitrogen and oxygen atoms in total. The minimum Gasteiger partial charge on any atom is -0.459 e. The maximum absolute atomic E-state index is 13.7. The van der Waals surface area contributed by atoms with Gasteiger partial charge in [0.25, 0.3) is 0 Å². The van der Waals surface area contributed by atoms with Gasteiger partial charge in [0.1, 0.15) is 17.2 Å². The van der Waals surface area contributed by atoms with Crippen molar-refractivity contribution >= 4 is 26.9 Å². The molecule has 20 heavy (non-hydrogen) atoms. The molecule has 1 atom stereocenters. The van der Waals surface area contributed by atoms with E-state index in [1.165, 1.54) is 6.07 Å². The molecule has 102 valence electrons. The lowest BCUT2D eigenvalue weighted by Crippen LogP contribution is -2.17. The number of benzene rings is 2. The van der Waals surface area contributed by atoms with Crippen molar-refractivity contribution in [2.45, 2.75) is 6.04 Å². The second kappa shape index (κ2) is 5.38. The fourth-order valence-corrected chi connectivity index (χ4v) is 2.83. The van der Waals surface area contributed by atoms with E-state index in [0.29, 0.717) is 4.47 Å². The molecular formula is C16H13BrFNO. The summed E-state index contributed by atoms with van der Waals surface area (Å²) in [6, 6.07) is 14.6. The minimum atomic E-state index is -0.279. The van der Waals surface area contributed by atoms with Gasteiger partial charge in [-0.1, -0.05) is 30.3 Å². The number of halogens is 2. The third kappa shape index (κ3) is 2.25. The maximum Gasteiger partial charge on any atom is 0.137 e. The summed E-state index contributed by atoms with van der Waals surface area (Å²) in [5.41, 5.74) is 1.64. The maximum atomic E-state index is 13.7. The van der Waals surface area contributed by atoms with Crippen molar-refractivity contribution < 1.29 is 8.81 Å². The zero-order chi connectivity index (χ0) is 14.1. The molecule has 3 rings (SSSR count). The van der Waals surface area contributed by atoms with E-state index in [1.807, 2.05) is 43.4 Å². The molecule has 1 heterocycles. The van der Waals surface area contributed by atoms with Gasteiger partial charge < -0.3 is 9.73 Å². The topological polar surface area (TPSA) is 25.2 Å². The Morgan fingerprint density at radius 2 is 1.95 bits per heavy atom. The van der Waals surface area contributed by atoms with Crippen molar-refractivity contribution in [2.24, 2.45) is 0 Å². The minimum absolute atomic E-state index is 0.201. The lowest BCUT2D eigenvalue weighted by atomic mass is 10.0. The van der Waals surface area contributed by atoms with E-state index in [4.69, 9.17) is 4.42 Å². The smallest absolute Gasteiger partial charge is 0.137 e. The van der Waals surface area contributed by atoms with Crippen LogP contribution in [0.1, 0.15) is 17.4 Å². The van der Waals surface area contributed by atoms with Crippen LogP contribution in [-0.4, -0.2) is 7.05 Å². The molecule has 2 aromatic carbocycles. The monoisotopic (exact) mass is 333 g/mol. The van der Waals surface area contributed by atoms with Gasteiger partial charge >= 0.3 is 0 Å². The highest BCUT2D eigenvalue weighted by molar-refractivity contribution is 9.10. The Kier molecular flexibility index (Phi) is 3.59. The fraction of sp³-hybridized carbons (Fsp3) is 0.125. The van der Waals surface area contributed by atoms with Crippen LogP contribution in [0.5, 0.6) is 0 Å². The van der Waals surface area contributed by atoms with Crippen LogP contribution < -0.4 is 5.32 Å². The molecule has 3 aromatic rings. The fourth-order valence-electron chi connectivity index (χ4n) is 2.34. The molecule has 0 aliphatic carbocycles. The number of hydrogen-bond acceptors (Lipinski definition) is 2. The van der Waals surface area contributed by atoms with Crippen LogP contribution in [0.2, 0.25) is 0 Å². The molecule has 4 heteroatoms. The third-order valence-corrected chi connectivity index (χ3v) is 4.15. The predicted molar refractivity (Wildman–Crippen MR) is 81.2 cm³/mol. The van der Waals surface area contributed by atoms with Crippen molar-refractivity contribution in [2.75, 3.05) is 7.05 Å². The highest BCUT2D eigenvalue weighted by atomic mass is 79.9. The summed E-state index contributed by atoms with van der Waals surface area (Å²) in [5, 5.41) is 4.21. The van der Waals surface area contributed by atoms with Gasteiger partial charge in [0.05, 0.1) is 10.5 Å². The molecule has 0 spiro atoms. The number of para-hydroxylation sites is 1. The molecule has 1 aromatic heterocycles. The summed E-state index contributed by atoms with van der Waals surface area (Å²) in [4.78, 5) is 0. The van der Waals surface area contributed by atoms with Crippen molar-refractivity contribution in [1.82, 2.24) is 5.32 Å². The molecule has 0 aliphatic heterocycles. The zero-order valence-electron chi connectivity index (χ0n) is 10.9. The van der Waals surface area contributed by atoms with Crippen molar-refractivity contribution in [1.29, 1.82) is 0 Å². The second-order valence-corrected chi connectivity index (χ2v) is 5.34. The van der Waals surface area contributed by atoms with Crippen LogP contribution in [0.4, 0.5) is 4.39 Å². The molecule has 0 fully saturated rings. The summed E-state index contributed by atoms with van der Waals surface area (Å²) in [6.45, 7) is 0. The van der Waals surface area contributed by atoms with E-state index in [-0.39, 0.29) is 11.9 Å². The largest absolute Gasteiger partial charge is 0.459 e. The summed E-state index contributed by atoms with van der Waals surface area (Å²) in [5.74, 6) is 0.485. The molecule has 0 saturated carbocycles. The molecule has 0 bridgehead atoms. The molecule has 1 unspecified atom stereocenters. The Morgan fingerprint density at radius 1 is 1.15 bits per heavy atom. The number of fused-ring (bicyclic) bond motifs is 1. The van der Waals surface area contributed by atoms with E-state index >= 15 is 0 Å². The van der Waals surface area contributed by atoms with Crippen molar-refractivity contribution in [3.63, 3.8) is 0 Å². The van der Waals surface area contributed by atoms with Gasteiger partial charge in [-0.25, -0.2) is 4.39 Å². The van der Waals surface area contributed by atoms with Gasteiger partial charge in [0.2, 0.25) is 0 Å². The standard InChI is InChI=1S/C16H13BrFNO/c1-19-16(11-6-4-7-12(18)15(11)17)14-9-10-5-2-3-8-13(10)20-14/h2-9,16,19H,1H3. The Morgan fingerprint density at radius 3 is 2.70 bits per heavy atom. The Balaban J connectivity index is 2.11. The normalized spacial score (nSPS) is 12.8. The Bertz CT molecular complexity index is 720. The van der Waals surface area contributed by atoms with Gasteiger partial charge in [-0.15, -0.1) is 0 Å². The van der Waals surface area contributed by atoms with Gasteiger partial charge in [-0.05, 0) is 46.7 Å². The lowest BCUT2D eigenvalue weighted by molar-refractivity contribution is 0.488. The zero-order valence-corrected chi connectivity index (χ0v) is 12.4. The van der Waals surface area contributed by atoms with Crippen molar-refractivity contribution in [3.05, 3.63) is 70.1 Å². The first kappa shape index (κ1) is 13.3. The van der Waals surface area contributed by atoms with E-state index in [0.717, 1.165) is 22.3 Å². The SMILES string of the molecule is CNC(c1cc2ccccc2o1)c1cccc(F)c1Br. The Labute approximate surface area is 124 Å². The first-order valence-electron chi connectivity index (χ1n) is 6.30. The van der Waals surface area contributed by atoms with Crippen LogP contribution in [0.25, 0.3) is 11.0 Å². The van der Waals surface area contributed by atoms with E-state index in [9.17, 15) is 4.39 Å². The summed E-state index contributed by atoms with van der Waals surface area (Å²) >= 11 is 3.31. The highest BCUT2D eigenvalue weighted by Gasteiger charge is 2.20. The van der Waals surface area contributed by atoms with Gasteiger partial charge in [0, 0.05) is 5.39 Å². The molecule has 1 N–H and O–H groups in total. The van der Waals surface area contributed by atoms with E-state index in [1.54, 1.807) is 6.07 Å². The predicted octanol–water partition coefficient (Wildman–Crippen LogP) is 4.64. The first-order valence-corrected chi connectivity index (χ1v) is 7.09. The summed E-state index contributed by atoms with van der Waals surface area (Å²) < 4.78 is 20.0. The van der Waals surface area contributed by atoms with E-state index in [2.05, 4.69) is 21.2 Å². The van der Waals surface area contributed by atoms with Crippen LogP contribution >= 0.6 is 15.9 Å². The number of rotatable bonds is 3. The van der Waals surface area contributed by atoms with Crippen molar-refractivity contribution in [3.8, 4) is 0 Å². The average molecular weight is 334 g/mol. The third-order valence-electron chi connectivity index (χ3n) is 3.31. The molecule has 0 saturated heterocycles.